The third-order valence-corrected chi connectivity index (χ3v) is 7.41. The van der Waals surface area contributed by atoms with Crippen molar-refractivity contribution in [3.05, 3.63) is 65.7 Å². The number of thiophene rings is 1. The van der Waals surface area contributed by atoms with E-state index in [1.165, 1.54) is 11.3 Å². The average Bonchev–Trinajstić information content (AvgIpc) is 3.59. The number of methoxy groups -OCH3 is 2. The van der Waals surface area contributed by atoms with Crippen molar-refractivity contribution in [2.75, 3.05) is 25.3 Å². The van der Waals surface area contributed by atoms with Crippen LogP contribution in [-0.2, 0) is 0 Å². The molecule has 3 N–H and O–H groups in total. The van der Waals surface area contributed by atoms with Crippen LogP contribution in [0.15, 0.2) is 65.3 Å². The molecule has 1 fully saturated rings. The van der Waals surface area contributed by atoms with Gasteiger partial charge in [-0.25, -0.2) is 4.98 Å². The smallest absolute Gasteiger partial charge is 0.302 e. The number of hydrogen-bond acceptors (Lipinski definition) is 8. The number of ether oxygens (including phenoxy) is 2. The van der Waals surface area contributed by atoms with Crippen molar-refractivity contribution in [1.82, 2.24) is 10.3 Å². The molecule has 186 valence electrons. The number of hydrogen-bond donors (Lipinski definition) is 2. The first-order chi connectivity index (χ1) is 18.1. The summed E-state index contributed by atoms with van der Waals surface area (Å²) in [5, 5.41) is 7.46. The van der Waals surface area contributed by atoms with Crippen molar-refractivity contribution in [1.29, 1.82) is 0 Å². The number of nitrogens with two attached hydrogens (primary N) is 1. The van der Waals surface area contributed by atoms with E-state index in [9.17, 15) is 4.79 Å². The van der Waals surface area contributed by atoms with Gasteiger partial charge < -0.3 is 15.2 Å². The van der Waals surface area contributed by atoms with Gasteiger partial charge in [-0.3, -0.25) is 14.6 Å². The first-order valence-corrected chi connectivity index (χ1v) is 12.6. The summed E-state index contributed by atoms with van der Waals surface area (Å²) in [7, 11) is 3.19. The lowest BCUT2D eigenvalue weighted by Gasteiger charge is -2.12. The molecule has 2 aromatic carbocycles. The number of benzene rings is 2. The predicted molar refractivity (Wildman–Crippen MR) is 141 cm³/mol. The Hall–Kier alpha value is -4.44. The molecule has 3 heterocycles. The summed E-state index contributed by atoms with van der Waals surface area (Å²) < 4.78 is 18.0. The van der Waals surface area contributed by atoms with E-state index in [4.69, 9.17) is 24.7 Å². The van der Waals surface area contributed by atoms with E-state index in [1.807, 2.05) is 54.6 Å². The fourth-order valence-corrected chi connectivity index (χ4v) is 5.29. The average molecular weight is 515 g/mol. The molecule has 0 unspecified atom stereocenters. The van der Waals surface area contributed by atoms with Crippen LogP contribution in [0.25, 0.3) is 32.6 Å². The number of anilines is 2. The fourth-order valence-electron chi connectivity index (χ4n) is 4.27. The van der Waals surface area contributed by atoms with Crippen molar-refractivity contribution in [2.45, 2.75) is 18.9 Å². The quantitative estimate of drug-likeness (QED) is 0.291. The highest BCUT2D eigenvalue weighted by Crippen LogP contribution is 2.43. The molecule has 10 heteroatoms. The van der Waals surface area contributed by atoms with Gasteiger partial charge in [-0.05, 0) is 34.0 Å². The zero-order valence-electron chi connectivity index (χ0n) is 20.2. The molecule has 1 aliphatic carbocycles. The number of nitrogen functional groups attached to an aromatic ring is 1. The zero-order valence-corrected chi connectivity index (χ0v) is 21.0. The highest BCUT2D eigenvalue weighted by atomic mass is 32.1. The Kier molecular flexibility index (Phi) is 5.72. The Bertz CT molecular complexity index is 1630. The predicted octanol–water partition coefficient (Wildman–Crippen LogP) is 5.09. The standard InChI is InChI=1S/C27H23N5O4S/c1-34-20-11-8-16(12-21(20)35-2)18-13-19(15-6-4-3-5-7-15)29-27-23(18)24(28)25(37-27)26(33)30-22-14-32(31-36-22)17-9-10-17/h3-8,11-14,17H,9-10H2,1-2H3,(H2-,28,30,31,33)/p+1. The third kappa shape index (κ3) is 4.25. The zero-order chi connectivity index (χ0) is 25.5. The van der Waals surface area contributed by atoms with Gasteiger partial charge in [0.1, 0.15) is 9.71 Å². The summed E-state index contributed by atoms with van der Waals surface area (Å²) in [5.74, 6) is 1.10. The van der Waals surface area contributed by atoms with E-state index in [-0.39, 0.29) is 11.8 Å². The van der Waals surface area contributed by atoms with E-state index >= 15 is 0 Å². The largest absolute Gasteiger partial charge is 0.493 e. The highest BCUT2D eigenvalue weighted by molar-refractivity contribution is 7.21. The van der Waals surface area contributed by atoms with Crippen LogP contribution < -0.4 is 25.2 Å². The number of nitrogens with one attached hydrogen (secondary N) is 1. The van der Waals surface area contributed by atoms with Crippen LogP contribution in [0.4, 0.5) is 11.6 Å². The Balaban J connectivity index is 1.47. The van der Waals surface area contributed by atoms with Gasteiger partial charge in [-0.1, -0.05) is 36.4 Å². The second kappa shape index (κ2) is 9.21. The van der Waals surface area contributed by atoms with Gasteiger partial charge in [0, 0.05) is 23.8 Å². The summed E-state index contributed by atoms with van der Waals surface area (Å²) in [6.07, 6.45) is 3.81. The SMILES string of the molecule is COc1ccc(-c2cc(-c3ccccc3)nc3sc(C(=O)Nc4c[n+](C5CC5)no4)c(N)c23)cc1OC. The van der Waals surface area contributed by atoms with Gasteiger partial charge in [0.2, 0.25) is 5.27 Å². The lowest BCUT2D eigenvalue weighted by molar-refractivity contribution is -0.765. The molecule has 6 rings (SSSR count). The second-order valence-corrected chi connectivity index (χ2v) is 9.75. The molecule has 3 aromatic heterocycles. The fraction of sp³-hybridized carbons (Fsp3) is 0.185. The van der Waals surface area contributed by atoms with Gasteiger partial charge in [-0.15, -0.1) is 11.3 Å². The number of fused-ring (bicyclic) bond motifs is 1. The molecule has 9 nitrogen and oxygen atoms in total. The van der Waals surface area contributed by atoms with Crippen LogP contribution in [0.2, 0.25) is 0 Å². The second-order valence-electron chi connectivity index (χ2n) is 8.75. The van der Waals surface area contributed by atoms with Crippen LogP contribution in [0.3, 0.4) is 0 Å². The van der Waals surface area contributed by atoms with Crippen molar-refractivity contribution in [2.24, 2.45) is 0 Å². The van der Waals surface area contributed by atoms with Gasteiger partial charge >= 0.3 is 5.88 Å². The molecule has 5 aromatic rings. The van der Waals surface area contributed by atoms with Crippen LogP contribution in [-0.4, -0.2) is 30.4 Å². The summed E-state index contributed by atoms with van der Waals surface area (Å²) in [5.41, 5.74) is 10.4. The van der Waals surface area contributed by atoms with E-state index in [1.54, 1.807) is 25.1 Å². The molecule has 0 radical (unpaired) electrons. The molecule has 0 atom stereocenters. The summed E-state index contributed by atoms with van der Waals surface area (Å²) >= 11 is 1.24. The molecule has 0 saturated heterocycles. The Morgan fingerprint density at radius 1 is 1.08 bits per heavy atom. The minimum atomic E-state index is -0.376. The van der Waals surface area contributed by atoms with Gasteiger partial charge in [0.05, 0.1) is 25.6 Å². The number of carbonyl (C=O) groups is 1. The molecule has 1 amide bonds. The number of nitrogens with zero attached hydrogens (tertiary/aromatic N) is 3. The van der Waals surface area contributed by atoms with Crippen molar-refractivity contribution < 1.29 is 23.5 Å². The Morgan fingerprint density at radius 3 is 2.59 bits per heavy atom. The Morgan fingerprint density at radius 2 is 1.86 bits per heavy atom. The van der Waals surface area contributed by atoms with Crippen molar-refractivity contribution in [3.63, 3.8) is 0 Å². The number of carbonyl (C=O) groups excluding carboxylic acids is 1. The maximum atomic E-state index is 13.2. The summed E-state index contributed by atoms with van der Waals surface area (Å²) in [4.78, 5) is 19.1. The number of rotatable bonds is 7. The van der Waals surface area contributed by atoms with Crippen molar-refractivity contribution in [3.8, 4) is 33.9 Å². The molecular formula is C27H24N5O4S+. The third-order valence-electron chi connectivity index (χ3n) is 6.31. The molecule has 1 saturated carbocycles. The minimum absolute atomic E-state index is 0.270. The monoisotopic (exact) mass is 514 g/mol. The van der Waals surface area contributed by atoms with Crippen LogP contribution in [0.5, 0.6) is 11.5 Å². The first-order valence-electron chi connectivity index (χ1n) is 11.8. The van der Waals surface area contributed by atoms with E-state index in [0.717, 1.165) is 35.2 Å². The van der Waals surface area contributed by atoms with Gasteiger partial charge in [-0.2, -0.15) is 0 Å². The number of amides is 1. The maximum Gasteiger partial charge on any atom is 0.302 e. The lowest BCUT2D eigenvalue weighted by atomic mass is 9.99. The number of aromatic nitrogens is 3. The highest BCUT2D eigenvalue weighted by Gasteiger charge is 2.36. The number of pyridine rings is 1. The molecule has 37 heavy (non-hydrogen) atoms. The normalized spacial score (nSPS) is 13.0. The molecule has 0 aliphatic heterocycles. The van der Waals surface area contributed by atoms with E-state index in [0.29, 0.717) is 38.3 Å². The topological polar surface area (TPSA) is 116 Å². The van der Waals surface area contributed by atoms with Gasteiger partial charge in [0.15, 0.2) is 17.5 Å². The molecule has 1 aliphatic rings. The maximum absolute atomic E-state index is 13.2. The lowest BCUT2D eigenvalue weighted by Crippen LogP contribution is -2.32. The van der Waals surface area contributed by atoms with Gasteiger partial charge in [0.25, 0.3) is 12.1 Å². The summed E-state index contributed by atoms with van der Waals surface area (Å²) in [6.45, 7) is 0. The van der Waals surface area contributed by atoms with Crippen LogP contribution >= 0.6 is 11.3 Å². The Labute approximate surface area is 216 Å². The molecule has 0 bridgehead atoms. The van der Waals surface area contributed by atoms with Crippen LogP contribution in [0, 0.1) is 0 Å². The first kappa shape index (κ1) is 23.0. The van der Waals surface area contributed by atoms with E-state index in [2.05, 4.69) is 10.6 Å². The summed E-state index contributed by atoms with van der Waals surface area (Å²) in [6, 6.07) is 17.9. The molecular weight excluding hydrogens is 490 g/mol. The van der Waals surface area contributed by atoms with Crippen molar-refractivity contribution >= 4 is 39.0 Å². The van der Waals surface area contributed by atoms with E-state index < -0.39 is 0 Å². The van der Waals surface area contributed by atoms with Crippen LogP contribution in [0.1, 0.15) is 28.6 Å². The minimum Gasteiger partial charge on any atom is -0.493 e. The molecule has 0 spiro atoms.